The summed E-state index contributed by atoms with van der Waals surface area (Å²) in [7, 11) is -1.12. The Balaban J connectivity index is 1.18. The number of ether oxygens (including phenoxy) is 2. The van der Waals surface area contributed by atoms with E-state index in [4.69, 9.17) is 9.47 Å². The predicted molar refractivity (Wildman–Crippen MR) is 174 cm³/mol. The Labute approximate surface area is 247 Å². The van der Waals surface area contributed by atoms with Crippen molar-refractivity contribution in [2.75, 3.05) is 7.11 Å². The largest absolute Gasteiger partial charge is 0.497 e. The van der Waals surface area contributed by atoms with Crippen molar-refractivity contribution < 1.29 is 14.4 Å². The highest BCUT2D eigenvalue weighted by molar-refractivity contribution is 7.91. The quantitative estimate of drug-likeness (QED) is 0.191. The maximum atomic E-state index is 12.2. The van der Waals surface area contributed by atoms with Crippen LogP contribution in [-0.2, 0) is 0 Å². The summed E-state index contributed by atoms with van der Waals surface area (Å²) in [6, 6.07) is 45.8. The monoisotopic (exact) mass is 568 g/mol. The van der Waals surface area contributed by atoms with Gasteiger partial charge in [0, 0.05) is 17.3 Å². The number of hydrogen-bond acceptors (Lipinski definition) is 4. The van der Waals surface area contributed by atoms with E-state index in [9.17, 15) is 4.89 Å². The first-order chi connectivity index (χ1) is 20.5. The summed E-state index contributed by atoms with van der Waals surface area (Å²) in [6.45, 7) is 2.05. The lowest BCUT2D eigenvalue weighted by Gasteiger charge is -2.20. The zero-order valence-corrected chi connectivity index (χ0v) is 24.4. The summed E-state index contributed by atoms with van der Waals surface area (Å²) in [5, 5.41) is 2.72. The molecule has 42 heavy (non-hydrogen) atoms. The fraction of sp³-hybridized carbons (Fsp3) is 0.0541. The highest BCUT2D eigenvalue weighted by Crippen LogP contribution is 2.51. The molecule has 0 saturated heterocycles. The van der Waals surface area contributed by atoms with Crippen molar-refractivity contribution in [3.63, 3.8) is 0 Å². The van der Waals surface area contributed by atoms with Crippen LogP contribution in [0, 0.1) is 6.92 Å². The molecule has 4 nitrogen and oxygen atoms in total. The Morgan fingerprint density at radius 1 is 0.524 bits per heavy atom. The summed E-state index contributed by atoms with van der Waals surface area (Å²) in [4.78, 5) is 16.9. The van der Waals surface area contributed by atoms with E-state index in [1.165, 1.54) is 0 Å². The van der Waals surface area contributed by atoms with Crippen LogP contribution in [0.3, 0.4) is 0 Å². The Bertz CT molecular complexity index is 1750. The van der Waals surface area contributed by atoms with Gasteiger partial charge in [-0.25, -0.2) is 4.89 Å². The molecule has 5 aromatic carbocycles. The van der Waals surface area contributed by atoms with E-state index in [0.29, 0.717) is 5.75 Å². The van der Waals surface area contributed by atoms with E-state index in [-0.39, 0.29) is 0 Å². The van der Waals surface area contributed by atoms with Crippen LogP contribution in [-0.4, -0.2) is 17.0 Å². The minimum absolute atomic E-state index is 0.706. The molecule has 206 valence electrons. The van der Waals surface area contributed by atoms with Gasteiger partial charge in [0.2, 0.25) is 7.49 Å². The molecule has 0 aliphatic rings. The zero-order chi connectivity index (χ0) is 28.9. The second-order valence-electron chi connectivity index (χ2n) is 10.1. The zero-order valence-electron chi connectivity index (χ0n) is 23.5. The molecular weight excluding hydrogens is 537 g/mol. The van der Waals surface area contributed by atoms with Crippen molar-refractivity contribution in [3.8, 4) is 39.6 Å². The second kappa shape index (κ2) is 12.0. The molecule has 1 atom stereocenters. The van der Waals surface area contributed by atoms with Gasteiger partial charge < -0.3 is 9.47 Å². The van der Waals surface area contributed by atoms with Crippen molar-refractivity contribution in [1.29, 1.82) is 0 Å². The Morgan fingerprint density at radius 3 is 1.60 bits per heavy atom. The standard InChI is InChI=1S/C37H31NO3P/c1-27-8-21-35(22-9-27)42(39,34-6-4-3-5-7-34)36-23-19-33(20-24-36)41-32-17-12-29(13-18-32)37-25-14-30(26-38-37)28-10-15-31(40-2)16-11-28/h3-26,39H,1-2H3/q+1. The van der Waals surface area contributed by atoms with Crippen LogP contribution in [0.25, 0.3) is 22.4 Å². The van der Waals surface area contributed by atoms with E-state index in [1.807, 2.05) is 128 Å². The SMILES string of the molecule is COc1ccc(-c2ccc(-c3ccc(Oc4ccc([P+](O)(c5ccccc5)c5ccc(C)cc5)cc4)cc3)nc2)cc1. The smallest absolute Gasteiger partial charge is 0.238 e. The number of nitrogens with zero attached hydrogens (tertiary/aromatic N) is 1. The van der Waals surface area contributed by atoms with Crippen LogP contribution < -0.4 is 25.4 Å². The minimum Gasteiger partial charge on any atom is -0.497 e. The molecule has 0 aliphatic carbocycles. The third-order valence-corrected chi connectivity index (χ3v) is 10.5. The topological polar surface area (TPSA) is 51.6 Å². The number of benzene rings is 5. The third-order valence-electron chi connectivity index (χ3n) is 7.32. The molecule has 0 spiro atoms. The van der Waals surface area contributed by atoms with Crippen molar-refractivity contribution in [2.24, 2.45) is 0 Å². The highest BCUT2D eigenvalue weighted by atomic mass is 31.2. The molecule has 0 radical (unpaired) electrons. The van der Waals surface area contributed by atoms with E-state index < -0.39 is 7.49 Å². The van der Waals surface area contributed by atoms with Crippen LogP contribution in [0.1, 0.15) is 5.56 Å². The molecule has 6 aromatic rings. The molecule has 0 saturated carbocycles. The third kappa shape index (κ3) is 5.69. The molecule has 1 heterocycles. The molecule has 0 amide bonds. The van der Waals surface area contributed by atoms with Crippen molar-refractivity contribution >= 4 is 23.4 Å². The average molecular weight is 569 g/mol. The van der Waals surface area contributed by atoms with E-state index in [1.54, 1.807) is 7.11 Å². The van der Waals surface area contributed by atoms with Crippen molar-refractivity contribution in [3.05, 3.63) is 151 Å². The fourth-order valence-corrected chi connectivity index (χ4v) is 7.59. The summed E-state index contributed by atoms with van der Waals surface area (Å²) < 4.78 is 11.4. The molecule has 1 N–H and O–H groups in total. The Morgan fingerprint density at radius 2 is 1.02 bits per heavy atom. The summed E-state index contributed by atoms with van der Waals surface area (Å²) in [6.07, 6.45) is 1.89. The molecular formula is C37H31NO3P+. The molecule has 1 aromatic heterocycles. The Kier molecular flexibility index (Phi) is 7.83. The van der Waals surface area contributed by atoms with Crippen molar-refractivity contribution in [1.82, 2.24) is 4.98 Å². The Hall–Kier alpha value is -4.76. The van der Waals surface area contributed by atoms with Gasteiger partial charge >= 0.3 is 0 Å². The lowest BCUT2D eigenvalue weighted by Crippen LogP contribution is -2.30. The van der Waals surface area contributed by atoms with Crippen molar-refractivity contribution in [2.45, 2.75) is 6.92 Å². The van der Waals surface area contributed by atoms with Gasteiger partial charge in [0.15, 0.2) is 0 Å². The van der Waals surface area contributed by atoms with Gasteiger partial charge in [-0.15, -0.1) is 0 Å². The molecule has 1 unspecified atom stereocenters. The number of pyridine rings is 1. The average Bonchev–Trinajstić information content (AvgIpc) is 3.06. The van der Waals surface area contributed by atoms with E-state index in [2.05, 4.69) is 30.1 Å². The first-order valence-corrected chi connectivity index (χ1v) is 15.5. The molecule has 0 fully saturated rings. The molecule has 5 heteroatoms. The number of methoxy groups -OCH3 is 1. The lowest BCUT2D eigenvalue weighted by atomic mass is 10.1. The van der Waals surface area contributed by atoms with Gasteiger partial charge in [-0.1, -0.05) is 54.1 Å². The number of aryl methyl sites for hydroxylation is 1. The van der Waals surface area contributed by atoms with E-state index >= 15 is 0 Å². The van der Waals surface area contributed by atoms with E-state index in [0.717, 1.165) is 55.4 Å². The predicted octanol–water partition coefficient (Wildman–Crippen LogP) is 7.73. The molecule has 0 bridgehead atoms. The summed E-state index contributed by atoms with van der Waals surface area (Å²) in [5.41, 5.74) is 5.20. The van der Waals surface area contributed by atoms with Crippen LogP contribution >= 0.6 is 7.49 Å². The van der Waals surface area contributed by atoms with Gasteiger partial charge in [-0.3, -0.25) is 4.98 Å². The van der Waals surface area contributed by atoms with Gasteiger partial charge in [-0.2, -0.15) is 0 Å². The second-order valence-corrected chi connectivity index (χ2v) is 12.9. The first kappa shape index (κ1) is 27.4. The van der Waals surface area contributed by atoms with Crippen LogP contribution in [0.15, 0.2) is 146 Å². The van der Waals surface area contributed by atoms with Crippen LogP contribution in [0.4, 0.5) is 0 Å². The lowest BCUT2D eigenvalue weighted by molar-refractivity contribution is 0.415. The van der Waals surface area contributed by atoms with Crippen LogP contribution in [0.2, 0.25) is 0 Å². The van der Waals surface area contributed by atoms with Gasteiger partial charge in [0.25, 0.3) is 0 Å². The summed E-state index contributed by atoms with van der Waals surface area (Å²) in [5.74, 6) is 2.27. The summed E-state index contributed by atoms with van der Waals surface area (Å²) >= 11 is 0. The van der Waals surface area contributed by atoms with Crippen LogP contribution in [0.5, 0.6) is 17.2 Å². The number of hydrogen-bond donors (Lipinski definition) is 1. The van der Waals surface area contributed by atoms with Gasteiger partial charge in [0.1, 0.15) is 33.2 Å². The highest BCUT2D eigenvalue weighted by Gasteiger charge is 2.44. The normalized spacial score (nSPS) is 12.4. The number of rotatable bonds is 8. The molecule has 6 rings (SSSR count). The maximum Gasteiger partial charge on any atom is 0.238 e. The van der Waals surface area contributed by atoms with Gasteiger partial charge in [0.05, 0.1) is 12.8 Å². The fourth-order valence-electron chi connectivity index (χ4n) is 4.93. The minimum atomic E-state index is -2.78. The first-order valence-electron chi connectivity index (χ1n) is 13.8. The molecule has 0 aliphatic heterocycles. The van der Waals surface area contributed by atoms with Gasteiger partial charge in [-0.05, 0) is 103 Å². The number of aromatic nitrogens is 1. The maximum absolute atomic E-state index is 12.2.